The van der Waals surface area contributed by atoms with E-state index in [1.54, 1.807) is 11.3 Å². The SMILES string of the molecule is CN(Cc1ccsc1)C(=O)CCCc1c[nH]c2ccccc12. The highest BCUT2D eigenvalue weighted by molar-refractivity contribution is 7.07. The number of thiophene rings is 1. The molecule has 0 aliphatic carbocycles. The van der Waals surface area contributed by atoms with Crippen molar-refractivity contribution < 1.29 is 4.79 Å². The largest absolute Gasteiger partial charge is 0.361 e. The summed E-state index contributed by atoms with van der Waals surface area (Å²) >= 11 is 1.67. The van der Waals surface area contributed by atoms with Gasteiger partial charge < -0.3 is 9.88 Å². The number of aromatic nitrogens is 1. The fourth-order valence-electron chi connectivity index (χ4n) is 2.70. The molecule has 1 aromatic carbocycles. The third-order valence-corrected chi connectivity index (χ3v) is 4.67. The van der Waals surface area contributed by atoms with Crippen molar-refractivity contribution >= 4 is 28.1 Å². The van der Waals surface area contributed by atoms with Crippen molar-refractivity contribution in [2.24, 2.45) is 0 Å². The summed E-state index contributed by atoms with van der Waals surface area (Å²) in [5.41, 5.74) is 3.67. The van der Waals surface area contributed by atoms with Gasteiger partial charge in [-0.15, -0.1) is 0 Å². The van der Waals surface area contributed by atoms with Gasteiger partial charge in [0.2, 0.25) is 5.91 Å². The summed E-state index contributed by atoms with van der Waals surface area (Å²) in [6.07, 6.45) is 4.47. The number of H-pyrrole nitrogens is 1. The number of aromatic amines is 1. The van der Waals surface area contributed by atoms with Crippen LogP contribution in [-0.4, -0.2) is 22.8 Å². The number of nitrogens with one attached hydrogen (secondary N) is 1. The third-order valence-electron chi connectivity index (χ3n) is 3.94. The van der Waals surface area contributed by atoms with E-state index in [4.69, 9.17) is 0 Å². The maximum Gasteiger partial charge on any atom is 0.222 e. The highest BCUT2D eigenvalue weighted by Gasteiger charge is 2.10. The van der Waals surface area contributed by atoms with Crippen molar-refractivity contribution in [3.63, 3.8) is 0 Å². The molecule has 2 heterocycles. The Morgan fingerprint density at radius 1 is 1.27 bits per heavy atom. The zero-order valence-corrected chi connectivity index (χ0v) is 13.5. The minimum Gasteiger partial charge on any atom is -0.361 e. The number of carbonyl (C=O) groups is 1. The molecule has 0 unspecified atom stereocenters. The van der Waals surface area contributed by atoms with Gasteiger partial charge in [0.05, 0.1) is 0 Å². The summed E-state index contributed by atoms with van der Waals surface area (Å²) in [7, 11) is 1.88. The number of para-hydroxylation sites is 1. The second-order valence-electron chi connectivity index (χ2n) is 5.59. The summed E-state index contributed by atoms with van der Waals surface area (Å²) < 4.78 is 0. The Labute approximate surface area is 134 Å². The molecule has 0 aliphatic heterocycles. The molecule has 0 atom stereocenters. The average molecular weight is 312 g/mol. The van der Waals surface area contributed by atoms with E-state index in [9.17, 15) is 4.79 Å². The monoisotopic (exact) mass is 312 g/mol. The first kappa shape index (κ1) is 14.9. The van der Waals surface area contributed by atoms with Gasteiger partial charge in [-0.25, -0.2) is 0 Å². The van der Waals surface area contributed by atoms with E-state index in [0.29, 0.717) is 13.0 Å². The minimum absolute atomic E-state index is 0.214. The Morgan fingerprint density at radius 2 is 2.14 bits per heavy atom. The van der Waals surface area contributed by atoms with Crippen molar-refractivity contribution in [3.8, 4) is 0 Å². The lowest BCUT2D eigenvalue weighted by atomic mass is 10.1. The number of amides is 1. The maximum absolute atomic E-state index is 12.2. The van der Waals surface area contributed by atoms with Crippen LogP contribution < -0.4 is 0 Å². The second-order valence-corrected chi connectivity index (χ2v) is 6.37. The lowest BCUT2D eigenvalue weighted by molar-refractivity contribution is -0.130. The molecule has 2 aromatic heterocycles. The van der Waals surface area contributed by atoms with Crippen LogP contribution in [0.3, 0.4) is 0 Å². The number of aryl methyl sites for hydroxylation is 1. The molecule has 0 fully saturated rings. The van der Waals surface area contributed by atoms with Gasteiger partial charge >= 0.3 is 0 Å². The van der Waals surface area contributed by atoms with Crippen LogP contribution in [0.25, 0.3) is 10.9 Å². The predicted octanol–water partition coefficient (Wildman–Crippen LogP) is 4.21. The molecular weight excluding hydrogens is 292 g/mol. The van der Waals surface area contributed by atoms with E-state index in [1.807, 2.05) is 23.4 Å². The lowest BCUT2D eigenvalue weighted by Crippen LogP contribution is -2.25. The first-order valence-corrected chi connectivity index (χ1v) is 8.48. The van der Waals surface area contributed by atoms with Crippen molar-refractivity contribution in [3.05, 3.63) is 58.4 Å². The lowest BCUT2D eigenvalue weighted by Gasteiger charge is -2.16. The molecule has 1 amide bonds. The fraction of sp³-hybridized carbons (Fsp3) is 0.278. The molecule has 3 rings (SSSR count). The Morgan fingerprint density at radius 3 is 2.95 bits per heavy atom. The van der Waals surface area contributed by atoms with Gasteiger partial charge in [-0.3, -0.25) is 4.79 Å². The van der Waals surface area contributed by atoms with Gasteiger partial charge in [-0.05, 0) is 46.9 Å². The van der Waals surface area contributed by atoms with E-state index in [1.165, 1.54) is 22.0 Å². The van der Waals surface area contributed by atoms with Crippen LogP contribution >= 0.6 is 11.3 Å². The first-order chi connectivity index (χ1) is 10.7. The van der Waals surface area contributed by atoms with Gasteiger partial charge in [-0.2, -0.15) is 11.3 Å². The summed E-state index contributed by atoms with van der Waals surface area (Å²) in [6.45, 7) is 0.704. The van der Waals surface area contributed by atoms with Crippen LogP contribution in [0, 0.1) is 0 Å². The topological polar surface area (TPSA) is 36.1 Å². The number of carbonyl (C=O) groups excluding carboxylic acids is 1. The normalized spacial score (nSPS) is 11.0. The molecule has 3 nitrogen and oxygen atoms in total. The summed E-state index contributed by atoms with van der Waals surface area (Å²) in [4.78, 5) is 17.3. The quantitative estimate of drug-likeness (QED) is 0.727. The number of rotatable bonds is 6. The number of nitrogens with zero attached hydrogens (tertiary/aromatic N) is 1. The van der Waals surface area contributed by atoms with Crippen LogP contribution in [-0.2, 0) is 17.8 Å². The van der Waals surface area contributed by atoms with Gasteiger partial charge in [0.25, 0.3) is 0 Å². The summed E-state index contributed by atoms with van der Waals surface area (Å²) in [5.74, 6) is 0.214. The van der Waals surface area contributed by atoms with Crippen LogP contribution in [0.5, 0.6) is 0 Å². The van der Waals surface area contributed by atoms with Crippen molar-refractivity contribution in [2.75, 3.05) is 7.05 Å². The first-order valence-electron chi connectivity index (χ1n) is 7.54. The zero-order valence-electron chi connectivity index (χ0n) is 12.7. The highest BCUT2D eigenvalue weighted by Crippen LogP contribution is 2.19. The average Bonchev–Trinajstić information content (AvgIpc) is 3.17. The molecule has 4 heteroatoms. The molecule has 0 saturated heterocycles. The number of hydrogen-bond acceptors (Lipinski definition) is 2. The van der Waals surface area contributed by atoms with E-state index in [0.717, 1.165) is 12.8 Å². The zero-order chi connectivity index (χ0) is 15.4. The smallest absolute Gasteiger partial charge is 0.222 e. The van der Waals surface area contributed by atoms with Crippen LogP contribution in [0.15, 0.2) is 47.3 Å². The van der Waals surface area contributed by atoms with Crippen LogP contribution in [0.1, 0.15) is 24.0 Å². The molecule has 22 heavy (non-hydrogen) atoms. The van der Waals surface area contributed by atoms with E-state index in [-0.39, 0.29) is 5.91 Å². The standard InChI is InChI=1S/C18H20N2OS/c1-20(12-14-9-10-22-13-14)18(21)8-4-5-15-11-19-17-7-3-2-6-16(15)17/h2-3,6-7,9-11,13,19H,4-5,8,12H2,1H3. The highest BCUT2D eigenvalue weighted by atomic mass is 32.1. The van der Waals surface area contributed by atoms with Crippen molar-refractivity contribution in [2.45, 2.75) is 25.8 Å². The van der Waals surface area contributed by atoms with E-state index >= 15 is 0 Å². The Bertz CT molecular complexity index is 745. The molecule has 114 valence electrons. The number of hydrogen-bond donors (Lipinski definition) is 1. The summed E-state index contributed by atoms with van der Waals surface area (Å²) in [6, 6.07) is 10.4. The molecular formula is C18H20N2OS. The van der Waals surface area contributed by atoms with Gasteiger partial charge in [0.1, 0.15) is 0 Å². The van der Waals surface area contributed by atoms with Gasteiger partial charge in [-0.1, -0.05) is 18.2 Å². The second kappa shape index (κ2) is 6.79. The molecule has 3 aromatic rings. The molecule has 1 N–H and O–H groups in total. The van der Waals surface area contributed by atoms with Crippen LogP contribution in [0.4, 0.5) is 0 Å². The Hall–Kier alpha value is -2.07. The van der Waals surface area contributed by atoms with E-state index in [2.05, 4.69) is 40.8 Å². The van der Waals surface area contributed by atoms with Gasteiger partial charge in [0, 0.05) is 37.1 Å². The molecule has 0 bridgehead atoms. The molecule has 0 radical (unpaired) electrons. The number of fused-ring (bicyclic) bond motifs is 1. The third kappa shape index (κ3) is 3.39. The number of benzene rings is 1. The Balaban J connectivity index is 1.51. The van der Waals surface area contributed by atoms with E-state index < -0.39 is 0 Å². The molecule has 0 aliphatic rings. The van der Waals surface area contributed by atoms with Crippen molar-refractivity contribution in [1.29, 1.82) is 0 Å². The van der Waals surface area contributed by atoms with Crippen LogP contribution in [0.2, 0.25) is 0 Å². The molecule has 0 spiro atoms. The minimum atomic E-state index is 0.214. The maximum atomic E-state index is 12.2. The van der Waals surface area contributed by atoms with Crippen molar-refractivity contribution in [1.82, 2.24) is 9.88 Å². The Kier molecular flexibility index (Phi) is 4.59. The predicted molar refractivity (Wildman–Crippen MR) is 92.0 cm³/mol. The fourth-order valence-corrected chi connectivity index (χ4v) is 3.36. The molecule has 0 saturated carbocycles. The van der Waals surface area contributed by atoms with Gasteiger partial charge in [0.15, 0.2) is 0 Å². The summed E-state index contributed by atoms with van der Waals surface area (Å²) in [5, 5.41) is 5.40.